The molecule has 0 fully saturated rings. The molecule has 2 nitrogen and oxygen atoms in total. The zero-order valence-electron chi connectivity index (χ0n) is 11.2. The number of hydrogen-bond acceptors (Lipinski definition) is 2. The van der Waals surface area contributed by atoms with E-state index >= 15 is 0 Å². The van der Waals surface area contributed by atoms with Crippen molar-refractivity contribution in [2.45, 2.75) is 6.04 Å². The summed E-state index contributed by atoms with van der Waals surface area (Å²) >= 11 is 3.17. The van der Waals surface area contributed by atoms with Gasteiger partial charge in [0.25, 0.3) is 0 Å². The summed E-state index contributed by atoms with van der Waals surface area (Å²) in [6, 6.07) is 11.0. The van der Waals surface area contributed by atoms with Gasteiger partial charge >= 0.3 is 0 Å². The predicted octanol–water partition coefficient (Wildman–Crippen LogP) is 4.78. The average Bonchev–Trinajstić information content (AvgIpc) is 2.89. The molecule has 3 rings (SSSR count). The van der Waals surface area contributed by atoms with Crippen molar-refractivity contribution in [3.8, 4) is 0 Å². The number of benzene rings is 2. The molecule has 0 bridgehead atoms. The van der Waals surface area contributed by atoms with Gasteiger partial charge in [0.05, 0.1) is 10.5 Å². The number of hydrogen-bond donors (Lipinski definition) is 1. The third kappa shape index (κ3) is 2.59. The summed E-state index contributed by atoms with van der Waals surface area (Å²) < 4.78 is 33.1. The van der Waals surface area contributed by atoms with E-state index in [1.165, 1.54) is 12.1 Å². The molecule has 0 aliphatic rings. The molecule has 0 aliphatic heterocycles. The van der Waals surface area contributed by atoms with Crippen LogP contribution in [0.15, 0.2) is 51.4 Å². The van der Waals surface area contributed by atoms with Crippen molar-refractivity contribution in [3.05, 3.63) is 69.9 Å². The fourth-order valence-corrected chi connectivity index (χ4v) is 2.75. The molecular weight excluding hydrogens is 340 g/mol. The van der Waals surface area contributed by atoms with Crippen LogP contribution in [0.25, 0.3) is 11.0 Å². The minimum atomic E-state index is -0.395. The summed E-state index contributed by atoms with van der Waals surface area (Å²) in [7, 11) is 1.77. The minimum absolute atomic E-state index is 0.230. The summed E-state index contributed by atoms with van der Waals surface area (Å²) in [6.45, 7) is 0. The maximum absolute atomic E-state index is 13.7. The normalized spacial score (nSPS) is 12.8. The highest BCUT2D eigenvalue weighted by atomic mass is 79.9. The van der Waals surface area contributed by atoms with E-state index in [0.29, 0.717) is 15.6 Å². The molecule has 1 atom stereocenters. The Labute approximate surface area is 128 Å². The minimum Gasteiger partial charge on any atom is -0.456 e. The lowest BCUT2D eigenvalue weighted by molar-refractivity contribution is 0.476. The van der Waals surface area contributed by atoms with E-state index in [0.717, 1.165) is 5.56 Å². The molecule has 0 saturated carbocycles. The van der Waals surface area contributed by atoms with Crippen LogP contribution in [0.5, 0.6) is 0 Å². The van der Waals surface area contributed by atoms with Crippen molar-refractivity contribution < 1.29 is 13.2 Å². The highest BCUT2D eigenvalue weighted by Crippen LogP contribution is 2.31. The number of halogens is 3. The van der Waals surface area contributed by atoms with Crippen LogP contribution >= 0.6 is 15.9 Å². The maximum Gasteiger partial charge on any atom is 0.169 e. The summed E-state index contributed by atoms with van der Waals surface area (Å²) in [4.78, 5) is 0. The second-order valence-electron chi connectivity index (χ2n) is 4.70. The molecule has 0 amide bonds. The van der Waals surface area contributed by atoms with Crippen LogP contribution in [0.4, 0.5) is 8.78 Å². The van der Waals surface area contributed by atoms with E-state index in [-0.39, 0.29) is 17.4 Å². The van der Waals surface area contributed by atoms with Crippen LogP contribution in [0, 0.1) is 11.6 Å². The van der Waals surface area contributed by atoms with Crippen molar-refractivity contribution >= 4 is 26.9 Å². The number of rotatable bonds is 3. The third-order valence-electron chi connectivity index (χ3n) is 3.37. The Morgan fingerprint density at radius 2 is 1.90 bits per heavy atom. The zero-order valence-corrected chi connectivity index (χ0v) is 12.7. The first-order valence-corrected chi connectivity index (χ1v) is 7.19. The Morgan fingerprint density at radius 1 is 1.10 bits per heavy atom. The number of nitrogens with one attached hydrogen (secondary N) is 1. The number of fused-ring (bicyclic) bond motifs is 1. The van der Waals surface area contributed by atoms with Crippen molar-refractivity contribution in [1.82, 2.24) is 5.32 Å². The Kier molecular flexibility index (Phi) is 3.78. The summed E-state index contributed by atoms with van der Waals surface area (Å²) in [5.74, 6) is -0.144. The van der Waals surface area contributed by atoms with Gasteiger partial charge in [-0.15, -0.1) is 0 Å². The summed E-state index contributed by atoms with van der Waals surface area (Å²) in [6.07, 6.45) is 0. The van der Waals surface area contributed by atoms with Gasteiger partial charge in [-0.25, -0.2) is 8.78 Å². The molecule has 21 heavy (non-hydrogen) atoms. The van der Waals surface area contributed by atoms with Crippen molar-refractivity contribution in [2.75, 3.05) is 7.05 Å². The van der Waals surface area contributed by atoms with Gasteiger partial charge in [0.15, 0.2) is 11.4 Å². The molecule has 1 unspecified atom stereocenters. The third-order valence-corrected chi connectivity index (χ3v) is 3.97. The van der Waals surface area contributed by atoms with Gasteiger partial charge in [-0.3, -0.25) is 0 Å². The van der Waals surface area contributed by atoms with Crippen molar-refractivity contribution in [1.29, 1.82) is 0 Å². The number of para-hydroxylation sites is 1. The van der Waals surface area contributed by atoms with Gasteiger partial charge in [0.1, 0.15) is 11.6 Å². The van der Waals surface area contributed by atoms with Gasteiger partial charge in [-0.2, -0.15) is 0 Å². The van der Waals surface area contributed by atoms with E-state index in [2.05, 4.69) is 21.2 Å². The van der Waals surface area contributed by atoms with Crippen LogP contribution in [-0.2, 0) is 0 Å². The molecular formula is C16H12BrF2NO. The van der Waals surface area contributed by atoms with Crippen molar-refractivity contribution in [3.63, 3.8) is 0 Å². The van der Waals surface area contributed by atoms with Crippen LogP contribution in [0.1, 0.15) is 17.4 Å². The van der Waals surface area contributed by atoms with Crippen LogP contribution in [0.3, 0.4) is 0 Å². The van der Waals surface area contributed by atoms with E-state index in [1.807, 2.05) is 0 Å². The molecule has 5 heteroatoms. The standard InChI is InChI=1S/C16H12BrF2NO/c1-20-15(9-5-6-12(18)11(17)7-9)14-8-10-3-2-4-13(19)16(10)21-14/h2-8,15,20H,1H3. The average molecular weight is 352 g/mol. The highest BCUT2D eigenvalue weighted by Gasteiger charge is 2.19. The lowest BCUT2D eigenvalue weighted by Crippen LogP contribution is -2.17. The van der Waals surface area contributed by atoms with Gasteiger partial charge in [0, 0.05) is 5.39 Å². The van der Waals surface area contributed by atoms with E-state index in [4.69, 9.17) is 4.42 Å². The van der Waals surface area contributed by atoms with E-state index in [1.54, 1.807) is 37.4 Å². The second-order valence-corrected chi connectivity index (χ2v) is 5.56. The summed E-state index contributed by atoms with van der Waals surface area (Å²) in [5, 5.41) is 3.80. The van der Waals surface area contributed by atoms with Gasteiger partial charge < -0.3 is 9.73 Å². The molecule has 2 aromatic carbocycles. The first kappa shape index (κ1) is 14.2. The van der Waals surface area contributed by atoms with E-state index < -0.39 is 5.82 Å². The second kappa shape index (κ2) is 5.58. The fourth-order valence-electron chi connectivity index (χ4n) is 2.35. The topological polar surface area (TPSA) is 25.2 Å². The van der Waals surface area contributed by atoms with Crippen molar-refractivity contribution in [2.24, 2.45) is 0 Å². The lowest BCUT2D eigenvalue weighted by atomic mass is 10.0. The van der Waals surface area contributed by atoms with Gasteiger partial charge in [-0.05, 0) is 52.8 Å². The predicted molar refractivity (Wildman–Crippen MR) is 81.2 cm³/mol. The Morgan fingerprint density at radius 3 is 2.57 bits per heavy atom. The molecule has 0 spiro atoms. The Balaban J connectivity index is 2.09. The SMILES string of the molecule is CNC(c1ccc(F)c(Br)c1)c1cc2cccc(F)c2o1. The number of furan rings is 1. The van der Waals surface area contributed by atoms with Crippen LogP contribution in [-0.4, -0.2) is 7.05 Å². The first-order chi connectivity index (χ1) is 10.1. The van der Waals surface area contributed by atoms with Gasteiger partial charge in [0.2, 0.25) is 0 Å². The van der Waals surface area contributed by atoms with E-state index in [9.17, 15) is 8.78 Å². The monoisotopic (exact) mass is 351 g/mol. The highest BCUT2D eigenvalue weighted by molar-refractivity contribution is 9.10. The largest absolute Gasteiger partial charge is 0.456 e. The molecule has 1 heterocycles. The van der Waals surface area contributed by atoms with Crippen LogP contribution in [0.2, 0.25) is 0 Å². The van der Waals surface area contributed by atoms with Crippen LogP contribution < -0.4 is 5.32 Å². The molecule has 0 radical (unpaired) electrons. The smallest absolute Gasteiger partial charge is 0.169 e. The molecule has 0 saturated heterocycles. The quantitative estimate of drug-likeness (QED) is 0.734. The molecule has 3 aromatic rings. The zero-order chi connectivity index (χ0) is 15.0. The molecule has 108 valence electrons. The molecule has 1 N–H and O–H groups in total. The first-order valence-electron chi connectivity index (χ1n) is 6.40. The lowest BCUT2D eigenvalue weighted by Gasteiger charge is -2.14. The maximum atomic E-state index is 13.7. The van der Waals surface area contributed by atoms with Gasteiger partial charge in [-0.1, -0.05) is 18.2 Å². The molecule has 1 aromatic heterocycles. The molecule has 0 aliphatic carbocycles. The Hall–Kier alpha value is -1.72. The summed E-state index contributed by atoms with van der Waals surface area (Å²) in [5.41, 5.74) is 1.05. The fraction of sp³-hybridized carbons (Fsp3) is 0.125. The Bertz CT molecular complexity index is 800.